The van der Waals surface area contributed by atoms with Crippen LogP contribution in [0.25, 0.3) is 22.4 Å². The largest absolute Gasteiger partial charge is 0.350 e. The summed E-state index contributed by atoms with van der Waals surface area (Å²) >= 11 is 0. The topological polar surface area (TPSA) is 78.9 Å². The Balaban J connectivity index is 1.13. The maximum absolute atomic E-state index is 4.72. The second kappa shape index (κ2) is 8.14. The van der Waals surface area contributed by atoms with Gasteiger partial charge in [-0.25, -0.2) is 19.0 Å². The number of hydrogen-bond donors (Lipinski definition) is 1. The van der Waals surface area contributed by atoms with Gasteiger partial charge in [0.1, 0.15) is 0 Å². The molecule has 4 aromatic rings. The van der Waals surface area contributed by atoms with Crippen molar-refractivity contribution in [2.45, 2.75) is 37.8 Å². The number of aromatic nitrogens is 6. The Morgan fingerprint density at radius 3 is 2.56 bits per heavy atom. The summed E-state index contributed by atoms with van der Waals surface area (Å²) < 4.78 is 3.68. The van der Waals surface area contributed by atoms with E-state index < -0.39 is 0 Å². The number of imidazole rings is 1. The van der Waals surface area contributed by atoms with E-state index in [0.717, 1.165) is 28.5 Å². The van der Waals surface area contributed by atoms with Crippen LogP contribution in [0.5, 0.6) is 0 Å². The van der Waals surface area contributed by atoms with Crippen molar-refractivity contribution in [2.75, 3.05) is 38.5 Å². The fraction of sp³-hybridized carbons (Fsp3) is 0.478. The van der Waals surface area contributed by atoms with E-state index in [-0.39, 0.29) is 0 Å². The SMILES string of the molecule is CN1CCN([C@H]2CC[C@@H](Nc3ncc4c(-c5ccc6nccn6n5)ccn4n3)CC2)CC1. The summed E-state index contributed by atoms with van der Waals surface area (Å²) in [5.41, 5.74) is 3.67. The average Bonchev–Trinajstić information content (AvgIpc) is 3.46. The quantitative estimate of drug-likeness (QED) is 0.532. The van der Waals surface area contributed by atoms with Crippen molar-refractivity contribution < 1.29 is 0 Å². The molecular formula is C23H29N9. The maximum Gasteiger partial charge on any atom is 0.241 e. The van der Waals surface area contributed by atoms with Gasteiger partial charge in [0.2, 0.25) is 5.95 Å². The third-order valence-corrected chi connectivity index (χ3v) is 7.03. The molecule has 166 valence electrons. The van der Waals surface area contributed by atoms with Crippen LogP contribution in [-0.2, 0) is 0 Å². The minimum absolute atomic E-state index is 0.441. The molecule has 1 aliphatic heterocycles. The van der Waals surface area contributed by atoms with Crippen molar-refractivity contribution in [2.24, 2.45) is 0 Å². The van der Waals surface area contributed by atoms with Gasteiger partial charge in [-0.2, -0.15) is 5.10 Å². The molecule has 2 aliphatic rings. The summed E-state index contributed by atoms with van der Waals surface area (Å²) in [6.07, 6.45) is 12.3. The Morgan fingerprint density at radius 1 is 0.875 bits per heavy atom. The minimum Gasteiger partial charge on any atom is -0.350 e. The molecule has 0 atom stereocenters. The number of anilines is 1. The first-order chi connectivity index (χ1) is 15.7. The van der Waals surface area contributed by atoms with Gasteiger partial charge in [0.05, 0.1) is 17.4 Å². The van der Waals surface area contributed by atoms with Crippen LogP contribution >= 0.6 is 0 Å². The summed E-state index contributed by atoms with van der Waals surface area (Å²) in [5, 5.41) is 12.9. The van der Waals surface area contributed by atoms with Crippen molar-refractivity contribution in [3.8, 4) is 11.3 Å². The molecule has 1 saturated carbocycles. The molecule has 0 radical (unpaired) electrons. The number of nitrogens with one attached hydrogen (secondary N) is 1. The molecule has 1 aliphatic carbocycles. The molecule has 0 unspecified atom stereocenters. The summed E-state index contributed by atoms with van der Waals surface area (Å²) in [4.78, 5) is 14.0. The van der Waals surface area contributed by atoms with Crippen molar-refractivity contribution in [1.82, 2.24) is 39.0 Å². The van der Waals surface area contributed by atoms with Gasteiger partial charge >= 0.3 is 0 Å². The fourth-order valence-corrected chi connectivity index (χ4v) is 5.10. The second-order valence-corrected chi connectivity index (χ2v) is 9.08. The summed E-state index contributed by atoms with van der Waals surface area (Å²) in [7, 11) is 2.22. The van der Waals surface area contributed by atoms with Crippen LogP contribution in [0, 0.1) is 0 Å². The lowest BCUT2D eigenvalue weighted by molar-refractivity contribution is 0.0893. The van der Waals surface area contributed by atoms with Crippen molar-refractivity contribution in [3.63, 3.8) is 0 Å². The Bertz CT molecular complexity index is 1210. The highest BCUT2D eigenvalue weighted by molar-refractivity contribution is 5.78. The lowest BCUT2D eigenvalue weighted by atomic mass is 9.90. The van der Waals surface area contributed by atoms with Crippen molar-refractivity contribution >= 4 is 17.1 Å². The summed E-state index contributed by atoms with van der Waals surface area (Å²) in [6.45, 7) is 4.79. The highest BCUT2D eigenvalue weighted by Crippen LogP contribution is 2.27. The van der Waals surface area contributed by atoms with Gasteiger partial charge < -0.3 is 10.2 Å². The Morgan fingerprint density at radius 2 is 1.72 bits per heavy atom. The summed E-state index contributed by atoms with van der Waals surface area (Å²) in [6, 6.07) is 7.18. The van der Waals surface area contributed by atoms with E-state index in [0.29, 0.717) is 12.0 Å². The fourth-order valence-electron chi connectivity index (χ4n) is 5.10. The number of likely N-dealkylation sites (N-methyl/N-ethyl adjacent to an activating group) is 1. The lowest BCUT2D eigenvalue weighted by Gasteiger charge is -2.41. The summed E-state index contributed by atoms with van der Waals surface area (Å²) in [5.74, 6) is 0.695. The maximum atomic E-state index is 4.72. The zero-order chi connectivity index (χ0) is 21.5. The van der Waals surface area contributed by atoms with Crippen LogP contribution in [0.3, 0.4) is 0 Å². The molecule has 4 aromatic heterocycles. The van der Waals surface area contributed by atoms with E-state index in [4.69, 9.17) is 5.10 Å². The standard InChI is InChI=1S/C23H29N9/c1-29-12-14-30(15-13-29)18-4-2-17(3-5-18)26-23-25-16-21-19(8-10-31(21)28-23)20-6-7-22-24-9-11-32(22)27-20/h6-11,16-18H,2-5,12-15H2,1H3,(H,26,28)/t17-,18+. The second-order valence-electron chi connectivity index (χ2n) is 9.08. The number of nitrogens with zero attached hydrogens (tertiary/aromatic N) is 8. The molecule has 32 heavy (non-hydrogen) atoms. The van der Waals surface area contributed by atoms with Crippen molar-refractivity contribution in [1.29, 1.82) is 0 Å². The third-order valence-electron chi connectivity index (χ3n) is 7.03. The lowest BCUT2D eigenvalue weighted by Crippen LogP contribution is -2.50. The highest BCUT2D eigenvalue weighted by atomic mass is 15.3. The zero-order valence-electron chi connectivity index (χ0n) is 18.4. The molecule has 1 N–H and O–H groups in total. The number of hydrogen-bond acceptors (Lipinski definition) is 7. The van der Waals surface area contributed by atoms with Crippen LogP contribution in [0.1, 0.15) is 25.7 Å². The van der Waals surface area contributed by atoms with Crippen LogP contribution in [0.15, 0.2) is 43.0 Å². The molecule has 2 fully saturated rings. The van der Waals surface area contributed by atoms with Gasteiger partial charge in [0.25, 0.3) is 0 Å². The van der Waals surface area contributed by atoms with Gasteiger partial charge in [-0.15, -0.1) is 5.10 Å². The third kappa shape index (κ3) is 3.71. The molecule has 1 saturated heterocycles. The van der Waals surface area contributed by atoms with Crippen LogP contribution < -0.4 is 5.32 Å². The van der Waals surface area contributed by atoms with E-state index in [2.05, 4.69) is 37.2 Å². The van der Waals surface area contributed by atoms with Crippen molar-refractivity contribution in [3.05, 3.63) is 43.0 Å². The van der Waals surface area contributed by atoms with E-state index in [1.54, 1.807) is 10.7 Å². The van der Waals surface area contributed by atoms with E-state index in [9.17, 15) is 0 Å². The van der Waals surface area contributed by atoms with Gasteiger partial charge in [-0.05, 0) is 50.9 Å². The predicted molar refractivity (Wildman–Crippen MR) is 124 cm³/mol. The monoisotopic (exact) mass is 431 g/mol. The predicted octanol–water partition coefficient (Wildman–Crippen LogP) is 2.41. The number of fused-ring (bicyclic) bond motifs is 2. The van der Waals surface area contributed by atoms with Gasteiger partial charge in [-0.1, -0.05) is 0 Å². The molecule has 9 nitrogen and oxygen atoms in total. The Hall–Kier alpha value is -3.04. The van der Waals surface area contributed by atoms with E-state index in [1.165, 1.54) is 51.9 Å². The average molecular weight is 432 g/mol. The van der Waals surface area contributed by atoms with E-state index >= 15 is 0 Å². The molecule has 0 bridgehead atoms. The zero-order valence-corrected chi connectivity index (χ0v) is 18.4. The Kier molecular flexibility index (Phi) is 4.99. The smallest absolute Gasteiger partial charge is 0.241 e. The van der Waals surface area contributed by atoms with Crippen LogP contribution in [0.4, 0.5) is 5.95 Å². The molecule has 5 heterocycles. The first-order valence-corrected chi connectivity index (χ1v) is 11.6. The number of rotatable bonds is 4. The number of piperazine rings is 1. The molecule has 9 heteroatoms. The molecule has 0 amide bonds. The van der Waals surface area contributed by atoms with Gasteiger partial charge in [-0.3, -0.25) is 4.90 Å². The molecular weight excluding hydrogens is 402 g/mol. The molecule has 6 rings (SSSR count). The molecule has 0 aromatic carbocycles. The normalized spacial score (nSPS) is 23.2. The van der Waals surface area contributed by atoms with Crippen LogP contribution in [-0.4, -0.2) is 84.3 Å². The first-order valence-electron chi connectivity index (χ1n) is 11.6. The Labute approximate surface area is 187 Å². The van der Waals surface area contributed by atoms with E-state index in [1.807, 2.05) is 41.3 Å². The van der Waals surface area contributed by atoms with Gasteiger partial charge in [0.15, 0.2) is 5.65 Å². The van der Waals surface area contributed by atoms with Crippen LogP contribution in [0.2, 0.25) is 0 Å². The minimum atomic E-state index is 0.441. The van der Waals surface area contributed by atoms with Gasteiger partial charge in [0, 0.05) is 62.4 Å². The highest BCUT2D eigenvalue weighted by Gasteiger charge is 2.28. The first kappa shape index (κ1) is 19.6. The molecule has 0 spiro atoms.